The number of aromatic nitrogens is 1. The summed E-state index contributed by atoms with van der Waals surface area (Å²) in [6.07, 6.45) is 0. The van der Waals surface area contributed by atoms with E-state index in [2.05, 4.69) is 4.98 Å². The van der Waals surface area contributed by atoms with Gasteiger partial charge in [0.2, 0.25) is 0 Å². The van der Waals surface area contributed by atoms with Crippen LogP contribution in [0.5, 0.6) is 0 Å². The molecule has 0 bridgehead atoms. The number of hydrogen-bond acceptors (Lipinski definition) is 3. The lowest BCUT2D eigenvalue weighted by atomic mass is 10.1. The number of carboxylic acid groups (broad SMARTS) is 1. The maximum absolute atomic E-state index is 10.8. The topological polar surface area (TPSA) is 53.0 Å². The molecular weight excluding hydrogens is 202 g/mol. The van der Waals surface area contributed by atoms with Crippen molar-refractivity contribution in [2.45, 2.75) is 6.92 Å². The molecule has 2 aromatic rings. The average Bonchev–Trinajstić information content (AvgIpc) is 2.30. The molecule has 1 heterocycles. The van der Waals surface area contributed by atoms with Gasteiger partial charge in [-0.15, -0.1) is 0 Å². The van der Waals surface area contributed by atoms with Crippen LogP contribution in [0.3, 0.4) is 0 Å². The van der Waals surface area contributed by atoms with E-state index in [-0.39, 0.29) is 5.69 Å². The highest BCUT2D eigenvalue weighted by molar-refractivity contribution is 5.86. The van der Waals surface area contributed by atoms with Crippen molar-refractivity contribution in [3.05, 3.63) is 53.7 Å². The average molecular weight is 212 g/mol. The lowest BCUT2D eigenvalue weighted by molar-refractivity contribution is -0.255. The first-order valence-electron chi connectivity index (χ1n) is 4.93. The number of carbonyl (C=O) groups excluding carboxylic acids is 1. The number of aromatic carboxylic acids is 1. The highest BCUT2D eigenvalue weighted by Crippen LogP contribution is 2.18. The van der Waals surface area contributed by atoms with E-state index in [1.165, 1.54) is 0 Å². The fourth-order valence-corrected chi connectivity index (χ4v) is 1.51. The summed E-state index contributed by atoms with van der Waals surface area (Å²) in [7, 11) is 0. The number of pyridine rings is 1. The third-order valence-corrected chi connectivity index (χ3v) is 2.36. The molecule has 1 aromatic carbocycles. The number of benzene rings is 1. The van der Waals surface area contributed by atoms with Crippen molar-refractivity contribution in [1.82, 2.24) is 4.98 Å². The molecule has 0 aliphatic heterocycles. The molecule has 0 aliphatic rings. The minimum Gasteiger partial charge on any atom is -0.543 e. The fourth-order valence-electron chi connectivity index (χ4n) is 1.51. The van der Waals surface area contributed by atoms with Crippen LogP contribution in [0.25, 0.3) is 11.3 Å². The molecule has 0 N–H and O–H groups in total. The van der Waals surface area contributed by atoms with Gasteiger partial charge in [-0.25, -0.2) is 4.98 Å². The van der Waals surface area contributed by atoms with Gasteiger partial charge in [0.25, 0.3) is 0 Å². The van der Waals surface area contributed by atoms with E-state index in [1.807, 2.05) is 30.3 Å². The van der Waals surface area contributed by atoms with E-state index in [1.54, 1.807) is 19.1 Å². The van der Waals surface area contributed by atoms with Crippen LogP contribution in [0, 0.1) is 6.92 Å². The molecule has 2 rings (SSSR count). The maximum atomic E-state index is 10.8. The van der Waals surface area contributed by atoms with Crippen LogP contribution >= 0.6 is 0 Å². The molecule has 80 valence electrons. The lowest BCUT2D eigenvalue weighted by Crippen LogP contribution is -2.24. The van der Waals surface area contributed by atoms with Crippen molar-refractivity contribution in [3.63, 3.8) is 0 Å². The third-order valence-electron chi connectivity index (χ3n) is 2.36. The van der Waals surface area contributed by atoms with Gasteiger partial charge in [0.1, 0.15) is 0 Å². The predicted octanol–water partition coefficient (Wildman–Crippen LogP) is 1.42. The summed E-state index contributed by atoms with van der Waals surface area (Å²) in [5.74, 6) is -1.24. The van der Waals surface area contributed by atoms with E-state index in [4.69, 9.17) is 0 Å². The molecule has 0 unspecified atom stereocenters. The highest BCUT2D eigenvalue weighted by Gasteiger charge is 2.04. The van der Waals surface area contributed by atoms with Crippen LogP contribution in [-0.4, -0.2) is 11.0 Å². The molecular formula is C13H10NO2-. The van der Waals surface area contributed by atoms with Gasteiger partial charge in [-0.05, 0) is 18.6 Å². The van der Waals surface area contributed by atoms with Crippen molar-refractivity contribution < 1.29 is 9.90 Å². The zero-order valence-corrected chi connectivity index (χ0v) is 8.81. The standard InChI is InChI=1S/C13H11NO2/c1-9-7-8-11(14-12(9)13(15)16)10-5-3-2-4-6-10/h2-8H,1H3,(H,15,16)/p-1. The predicted molar refractivity (Wildman–Crippen MR) is 58.7 cm³/mol. The summed E-state index contributed by atoms with van der Waals surface area (Å²) in [6, 6.07) is 13.0. The van der Waals surface area contributed by atoms with Gasteiger partial charge in [-0.3, -0.25) is 0 Å². The van der Waals surface area contributed by atoms with Crippen molar-refractivity contribution in [3.8, 4) is 11.3 Å². The van der Waals surface area contributed by atoms with Crippen LogP contribution < -0.4 is 5.11 Å². The van der Waals surface area contributed by atoms with Gasteiger partial charge >= 0.3 is 0 Å². The molecule has 0 amide bonds. The normalized spacial score (nSPS) is 10.1. The minimum absolute atomic E-state index is 0.00125. The minimum atomic E-state index is -1.24. The molecule has 1 aromatic heterocycles. The van der Waals surface area contributed by atoms with Crippen LogP contribution in [0.2, 0.25) is 0 Å². The Kier molecular flexibility index (Phi) is 2.68. The lowest BCUT2D eigenvalue weighted by Gasteiger charge is -2.08. The summed E-state index contributed by atoms with van der Waals surface area (Å²) in [5, 5.41) is 10.8. The Hall–Kier alpha value is -2.16. The molecule has 3 heteroatoms. The number of hydrogen-bond donors (Lipinski definition) is 0. The first-order chi connectivity index (χ1) is 7.68. The second kappa shape index (κ2) is 4.14. The van der Waals surface area contributed by atoms with Crippen molar-refractivity contribution in [2.75, 3.05) is 0 Å². The number of aryl methyl sites for hydroxylation is 1. The molecule has 0 fully saturated rings. The molecule has 0 atom stereocenters. The third kappa shape index (κ3) is 1.93. The van der Waals surface area contributed by atoms with E-state index in [9.17, 15) is 9.90 Å². The van der Waals surface area contributed by atoms with Crippen molar-refractivity contribution in [2.24, 2.45) is 0 Å². The van der Waals surface area contributed by atoms with Gasteiger partial charge < -0.3 is 9.90 Å². The summed E-state index contributed by atoms with van der Waals surface area (Å²) in [6.45, 7) is 1.70. The molecule has 16 heavy (non-hydrogen) atoms. The Bertz CT molecular complexity index is 521. The molecule has 0 saturated carbocycles. The van der Waals surface area contributed by atoms with Crippen LogP contribution in [-0.2, 0) is 0 Å². The number of nitrogens with zero attached hydrogens (tertiary/aromatic N) is 1. The van der Waals surface area contributed by atoms with Gasteiger partial charge in [-0.1, -0.05) is 36.4 Å². The number of rotatable bonds is 2. The zero-order valence-electron chi connectivity index (χ0n) is 8.81. The Morgan fingerprint density at radius 1 is 1.12 bits per heavy atom. The zero-order chi connectivity index (χ0) is 11.5. The maximum Gasteiger partial charge on any atom is 0.0902 e. The quantitative estimate of drug-likeness (QED) is 0.756. The van der Waals surface area contributed by atoms with Crippen molar-refractivity contribution in [1.29, 1.82) is 0 Å². The highest BCUT2D eigenvalue weighted by atomic mass is 16.4. The van der Waals surface area contributed by atoms with E-state index < -0.39 is 5.97 Å². The van der Waals surface area contributed by atoms with Gasteiger partial charge in [0.05, 0.1) is 17.4 Å². The summed E-state index contributed by atoms with van der Waals surface area (Å²) < 4.78 is 0. The van der Waals surface area contributed by atoms with E-state index >= 15 is 0 Å². The summed E-state index contributed by atoms with van der Waals surface area (Å²) >= 11 is 0. The number of carboxylic acids is 1. The van der Waals surface area contributed by atoms with Crippen LogP contribution in [0.1, 0.15) is 16.1 Å². The van der Waals surface area contributed by atoms with Crippen molar-refractivity contribution >= 4 is 5.97 Å². The van der Waals surface area contributed by atoms with Crippen LogP contribution in [0.15, 0.2) is 42.5 Å². The van der Waals surface area contributed by atoms with Gasteiger partial charge in [0, 0.05) is 5.56 Å². The SMILES string of the molecule is Cc1ccc(-c2ccccc2)nc1C(=O)[O-]. The Morgan fingerprint density at radius 2 is 1.81 bits per heavy atom. The second-order valence-corrected chi connectivity index (χ2v) is 3.52. The molecule has 0 aliphatic carbocycles. The Balaban J connectivity index is 2.52. The Labute approximate surface area is 93.4 Å². The van der Waals surface area contributed by atoms with Gasteiger partial charge in [-0.2, -0.15) is 0 Å². The van der Waals surface area contributed by atoms with E-state index in [0.717, 1.165) is 5.56 Å². The monoisotopic (exact) mass is 212 g/mol. The van der Waals surface area contributed by atoms with E-state index in [0.29, 0.717) is 11.3 Å². The fraction of sp³-hybridized carbons (Fsp3) is 0.0769. The van der Waals surface area contributed by atoms with Gasteiger partial charge in [0.15, 0.2) is 0 Å². The molecule has 0 spiro atoms. The molecule has 0 radical (unpaired) electrons. The molecule has 0 saturated heterocycles. The molecule has 3 nitrogen and oxygen atoms in total. The second-order valence-electron chi connectivity index (χ2n) is 3.52. The summed E-state index contributed by atoms with van der Waals surface area (Å²) in [5.41, 5.74) is 2.15. The summed E-state index contributed by atoms with van der Waals surface area (Å²) in [4.78, 5) is 14.9. The first kappa shape index (κ1) is 10.4. The first-order valence-corrected chi connectivity index (χ1v) is 4.93. The number of carbonyl (C=O) groups is 1. The smallest absolute Gasteiger partial charge is 0.0902 e. The van der Waals surface area contributed by atoms with Crippen LogP contribution in [0.4, 0.5) is 0 Å². The largest absolute Gasteiger partial charge is 0.543 e. The Morgan fingerprint density at radius 3 is 2.44 bits per heavy atom.